The number of anilines is 1. The second kappa shape index (κ2) is 4.84. The molecule has 1 aromatic carbocycles. The van der Waals surface area contributed by atoms with E-state index in [2.05, 4.69) is 42.0 Å². The van der Waals surface area contributed by atoms with Crippen molar-refractivity contribution in [3.63, 3.8) is 0 Å². The standard InChI is InChI=1S/C18H26N2O/c1-12-6-7-15-13(10-12)14-11-19(5)9-8-16(14)20(15)17(21)18(2,3)4/h6-7,10,14,16H,8-9,11H2,1-5H3/t14-,16-/m0/s1. The van der Waals surface area contributed by atoms with Gasteiger partial charge in [-0.25, -0.2) is 0 Å². The monoisotopic (exact) mass is 286 g/mol. The highest BCUT2D eigenvalue weighted by molar-refractivity contribution is 6.00. The lowest BCUT2D eigenvalue weighted by atomic mass is 9.88. The maximum absolute atomic E-state index is 13.0. The number of amides is 1. The van der Waals surface area contributed by atoms with E-state index in [-0.39, 0.29) is 11.3 Å². The van der Waals surface area contributed by atoms with E-state index in [9.17, 15) is 4.79 Å². The van der Waals surface area contributed by atoms with E-state index < -0.39 is 0 Å². The summed E-state index contributed by atoms with van der Waals surface area (Å²) in [6.45, 7) is 10.3. The van der Waals surface area contributed by atoms with E-state index in [4.69, 9.17) is 0 Å². The van der Waals surface area contributed by atoms with Gasteiger partial charge in [0.2, 0.25) is 5.91 Å². The summed E-state index contributed by atoms with van der Waals surface area (Å²) in [5, 5.41) is 0. The average molecular weight is 286 g/mol. The van der Waals surface area contributed by atoms with Gasteiger partial charge in [0.25, 0.3) is 0 Å². The molecule has 1 fully saturated rings. The lowest BCUT2D eigenvalue weighted by Crippen LogP contribution is -2.50. The van der Waals surface area contributed by atoms with Crippen LogP contribution in [0.3, 0.4) is 0 Å². The number of likely N-dealkylation sites (tertiary alicyclic amines) is 1. The van der Waals surface area contributed by atoms with Gasteiger partial charge in [-0.3, -0.25) is 4.79 Å². The highest BCUT2D eigenvalue weighted by atomic mass is 16.2. The summed E-state index contributed by atoms with van der Waals surface area (Å²) in [5.41, 5.74) is 3.46. The van der Waals surface area contributed by atoms with Crippen molar-refractivity contribution in [1.82, 2.24) is 4.90 Å². The first-order valence-electron chi connectivity index (χ1n) is 7.92. The van der Waals surface area contributed by atoms with Crippen LogP contribution in [-0.4, -0.2) is 37.0 Å². The number of likely N-dealkylation sites (N-methyl/N-ethyl adjacent to an activating group) is 1. The van der Waals surface area contributed by atoms with E-state index in [1.165, 1.54) is 11.1 Å². The molecule has 0 saturated carbocycles. The van der Waals surface area contributed by atoms with Gasteiger partial charge in [0.15, 0.2) is 0 Å². The van der Waals surface area contributed by atoms with Crippen LogP contribution in [0.2, 0.25) is 0 Å². The Morgan fingerprint density at radius 3 is 2.67 bits per heavy atom. The molecule has 0 aliphatic carbocycles. The third kappa shape index (κ3) is 2.38. The number of fused-ring (bicyclic) bond motifs is 3. The van der Waals surface area contributed by atoms with Gasteiger partial charge in [0.1, 0.15) is 0 Å². The van der Waals surface area contributed by atoms with Crippen LogP contribution in [0.15, 0.2) is 18.2 Å². The Labute approximate surface area is 127 Å². The summed E-state index contributed by atoms with van der Waals surface area (Å²) in [4.78, 5) is 17.5. The summed E-state index contributed by atoms with van der Waals surface area (Å²) < 4.78 is 0. The molecule has 21 heavy (non-hydrogen) atoms. The van der Waals surface area contributed by atoms with Gasteiger partial charge in [-0.15, -0.1) is 0 Å². The summed E-state index contributed by atoms with van der Waals surface area (Å²) in [7, 11) is 2.18. The molecule has 3 rings (SSSR count). The molecule has 1 saturated heterocycles. The highest BCUT2D eigenvalue weighted by Gasteiger charge is 2.45. The molecule has 0 N–H and O–H groups in total. The molecule has 0 unspecified atom stereocenters. The average Bonchev–Trinajstić information content (AvgIpc) is 2.70. The molecular formula is C18H26N2O. The predicted molar refractivity (Wildman–Crippen MR) is 86.8 cm³/mol. The maximum Gasteiger partial charge on any atom is 0.232 e. The number of benzene rings is 1. The van der Waals surface area contributed by atoms with Crippen LogP contribution >= 0.6 is 0 Å². The summed E-state index contributed by atoms with van der Waals surface area (Å²) in [6, 6.07) is 6.89. The molecule has 0 radical (unpaired) electrons. The minimum absolute atomic E-state index is 0.254. The molecule has 114 valence electrons. The van der Waals surface area contributed by atoms with Gasteiger partial charge >= 0.3 is 0 Å². The summed E-state index contributed by atoms with van der Waals surface area (Å²) in [5.74, 6) is 0.717. The first-order chi connectivity index (χ1) is 9.79. The van der Waals surface area contributed by atoms with Crippen molar-refractivity contribution in [2.75, 3.05) is 25.0 Å². The molecule has 2 heterocycles. The van der Waals surface area contributed by atoms with Crippen LogP contribution in [0, 0.1) is 12.3 Å². The number of hydrogen-bond donors (Lipinski definition) is 0. The van der Waals surface area contributed by atoms with Gasteiger partial charge < -0.3 is 9.80 Å². The predicted octanol–water partition coefficient (Wildman–Crippen LogP) is 3.18. The zero-order valence-electron chi connectivity index (χ0n) is 13.8. The van der Waals surface area contributed by atoms with Crippen molar-refractivity contribution in [3.8, 4) is 0 Å². The van der Waals surface area contributed by atoms with E-state index in [1.54, 1.807) is 0 Å². The Morgan fingerprint density at radius 2 is 2.00 bits per heavy atom. The SMILES string of the molecule is Cc1ccc2c(c1)[C@@H]1CN(C)CC[C@@H]1N2C(=O)C(C)(C)C. The van der Waals surface area contributed by atoms with Crippen molar-refractivity contribution in [3.05, 3.63) is 29.3 Å². The molecule has 2 atom stereocenters. The number of carbonyl (C=O) groups is 1. The lowest BCUT2D eigenvalue weighted by molar-refractivity contribution is -0.126. The van der Waals surface area contributed by atoms with Crippen molar-refractivity contribution in [2.24, 2.45) is 5.41 Å². The number of piperidine rings is 1. The van der Waals surface area contributed by atoms with E-state index in [1.807, 2.05) is 20.8 Å². The molecule has 2 aliphatic heterocycles. The number of carbonyl (C=O) groups excluding carboxylic acids is 1. The highest BCUT2D eigenvalue weighted by Crippen LogP contribution is 2.46. The zero-order chi connectivity index (χ0) is 15.4. The van der Waals surface area contributed by atoms with Crippen LogP contribution in [-0.2, 0) is 4.79 Å². The molecule has 2 aliphatic rings. The van der Waals surface area contributed by atoms with Crippen LogP contribution in [0.4, 0.5) is 5.69 Å². The molecule has 1 amide bonds. The first-order valence-corrected chi connectivity index (χ1v) is 7.92. The number of aryl methyl sites for hydroxylation is 1. The third-order valence-corrected chi connectivity index (χ3v) is 4.81. The summed E-state index contributed by atoms with van der Waals surface area (Å²) in [6.07, 6.45) is 1.07. The molecule has 3 heteroatoms. The second-order valence-corrected chi connectivity index (χ2v) is 7.71. The normalized spacial score (nSPS) is 25.7. The Bertz CT molecular complexity index is 573. The van der Waals surface area contributed by atoms with Crippen LogP contribution < -0.4 is 4.90 Å². The number of hydrogen-bond acceptors (Lipinski definition) is 2. The van der Waals surface area contributed by atoms with Gasteiger partial charge in [0.05, 0.1) is 0 Å². The Hall–Kier alpha value is -1.35. The van der Waals surface area contributed by atoms with Crippen molar-refractivity contribution in [2.45, 2.75) is 46.1 Å². The second-order valence-electron chi connectivity index (χ2n) is 7.71. The summed E-state index contributed by atoms with van der Waals surface area (Å²) >= 11 is 0. The zero-order valence-corrected chi connectivity index (χ0v) is 13.8. The molecule has 1 aromatic rings. The largest absolute Gasteiger partial charge is 0.308 e. The Kier molecular flexibility index (Phi) is 3.36. The third-order valence-electron chi connectivity index (χ3n) is 4.81. The quantitative estimate of drug-likeness (QED) is 0.731. The van der Waals surface area contributed by atoms with Crippen molar-refractivity contribution >= 4 is 11.6 Å². The van der Waals surface area contributed by atoms with Crippen LogP contribution in [0.1, 0.15) is 44.2 Å². The maximum atomic E-state index is 13.0. The lowest BCUT2D eigenvalue weighted by Gasteiger charge is -2.38. The molecule has 0 spiro atoms. The van der Waals surface area contributed by atoms with Gasteiger partial charge in [0, 0.05) is 29.6 Å². The minimum Gasteiger partial charge on any atom is -0.308 e. The number of rotatable bonds is 0. The molecular weight excluding hydrogens is 260 g/mol. The van der Waals surface area contributed by atoms with Gasteiger partial charge in [-0.2, -0.15) is 0 Å². The topological polar surface area (TPSA) is 23.6 Å². The first kappa shape index (κ1) is 14.6. The van der Waals surface area contributed by atoms with E-state index in [0.29, 0.717) is 12.0 Å². The van der Waals surface area contributed by atoms with E-state index in [0.717, 1.165) is 25.2 Å². The van der Waals surface area contributed by atoms with Crippen LogP contribution in [0.5, 0.6) is 0 Å². The molecule has 0 aromatic heterocycles. The Balaban J connectivity index is 2.07. The fourth-order valence-electron chi connectivity index (χ4n) is 3.71. The fraction of sp³-hybridized carbons (Fsp3) is 0.611. The molecule has 0 bridgehead atoms. The molecule has 3 nitrogen and oxygen atoms in total. The Morgan fingerprint density at radius 1 is 1.29 bits per heavy atom. The van der Waals surface area contributed by atoms with Gasteiger partial charge in [-0.1, -0.05) is 38.5 Å². The van der Waals surface area contributed by atoms with Crippen molar-refractivity contribution in [1.29, 1.82) is 0 Å². The van der Waals surface area contributed by atoms with E-state index >= 15 is 0 Å². The smallest absolute Gasteiger partial charge is 0.232 e. The van der Waals surface area contributed by atoms with Crippen molar-refractivity contribution < 1.29 is 4.79 Å². The minimum atomic E-state index is -0.333. The van der Waals surface area contributed by atoms with Gasteiger partial charge in [-0.05, 0) is 38.6 Å². The number of nitrogens with zero attached hydrogens (tertiary/aromatic N) is 2. The van der Waals surface area contributed by atoms with Crippen LogP contribution in [0.25, 0.3) is 0 Å². The fourth-order valence-corrected chi connectivity index (χ4v) is 3.71.